The van der Waals surface area contributed by atoms with E-state index in [0.717, 1.165) is 11.1 Å². The van der Waals surface area contributed by atoms with Gasteiger partial charge < -0.3 is 14.8 Å². The number of hydrogen-bond donors (Lipinski definition) is 1. The highest BCUT2D eigenvalue weighted by Gasteiger charge is 2.11. The van der Waals surface area contributed by atoms with Gasteiger partial charge in [0.05, 0.1) is 13.0 Å². The predicted molar refractivity (Wildman–Crippen MR) is 79.7 cm³/mol. The molecular formula is C16H25NO3. The lowest BCUT2D eigenvalue weighted by Crippen LogP contribution is -2.36. The van der Waals surface area contributed by atoms with E-state index in [2.05, 4.69) is 17.4 Å². The number of aryl methyl sites for hydroxylation is 2. The van der Waals surface area contributed by atoms with Gasteiger partial charge in [0.2, 0.25) is 5.91 Å². The van der Waals surface area contributed by atoms with Crippen LogP contribution in [0.25, 0.3) is 0 Å². The van der Waals surface area contributed by atoms with Crippen LogP contribution in [-0.4, -0.2) is 32.0 Å². The molecule has 1 N–H and O–H groups in total. The molecule has 1 aromatic carbocycles. The van der Waals surface area contributed by atoms with Crippen LogP contribution in [0, 0.1) is 13.8 Å². The Balaban J connectivity index is 2.48. The molecule has 4 nitrogen and oxygen atoms in total. The summed E-state index contributed by atoms with van der Waals surface area (Å²) in [7, 11) is 0. The van der Waals surface area contributed by atoms with Gasteiger partial charge in [-0.25, -0.2) is 0 Å². The maximum Gasteiger partial charge on any atom is 0.224 e. The third kappa shape index (κ3) is 5.72. The summed E-state index contributed by atoms with van der Waals surface area (Å²) < 4.78 is 10.8. The number of benzene rings is 1. The molecule has 0 fully saturated rings. The number of nitrogens with one attached hydrogen (secondary N) is 1. The Hall–Kier alpha value is -1.39. The van der Waals surface area contributed by atoms with Gasteiger partial charge in [0.25, 0.3) is 0 Å². The first-order valence-corrected chi connectivity index (χ1v) is 7.12. The first kappa shape index (κ1) is 16.7. The maximum atomic E-state index is 12.0. The number of carbonyl (C=O) groups is 1. The molecule has 0 aliphatic carbocycles. The average Bonchev–Trinajstić information content (AvgIpc) is 2.41. The van der Waals surface area contributed by atoms with Crippen LogP contribution >= 0.6 is 0 Å². The minimum absolute atomic E-state index is 0.0110. The van der Waals surface area contributed by atoms with Crippen molar-refractivity contribution < 1.29 is 14.3 Å². The molecule has 0 radical (unpaired) electrons. The van der Waals surface area contributed by atoms with Gasteiger partial charge in [0.1, 0.15) is 0 Å². The van der Waals surface area contributed by atoms with Gasteiger partial charge in [0, 0.05) is 13.2 Å². The van der Waals surface area contributed by atoms with Gasteiger partial charge in [0.15, 0.2) is 6.29 Å². The van der Waals surface area contributed by atoms with Crippen molar-refractivity contribution >= 4 is 5.91 Å². The molecule has 1 amide bonds. The SMILES string of the molecule is CCOC(CNC(=O)Cc1cc(C)ccc1C)OCC. The number of hydrogen-bond acceptors (Lipinski definition) is 3. The monoisotopic (exact) mass is 279 g/mol. The fourth-order valence-corrected chi connectivity index (χ4v) is 1.96. The van der Waals surface area contributed by atoms with E-state index in [1.54, 1.807) is 0 Å². The molecule has 0 bridgehead atoms. The molecule has 0 aliphatic heterocycles. The molecule has 112 valence electrons. The molecule has 0 heterocycles. The van der Waals surface area contributed by atoms with Crippen molar-refractivity contribution in [3.63, 3.8) is 0 Å². The zero-order valence-corrected chi connectivity index (χ0v) is 12.9. The van der Waals surface area contributed by atoms with Crippen LogP contribution in [0.15, 0.2) is 18.2 Å². The van der Waals surface area contributed by atoms with Crippen molar-refractivity contribution in [1.29, 1.82) is 0 Å². The molecule has 0 saturated heterocycles. The lowest BCUT2D eigenvalue weighted by atomic mass is 10.0. The number of carbonyl (C=O) groups excluding carboxylic acids is 1. The summed E-state index contributed by atoms with van der Waals surface area (Å²) in [6.45, 7) is 9.38. The van der Waals surface area contributed by atoms with Gasteiger partial charge in [-0.05, 0) is 38.8 Å². The number of amides is 1. The fraction of sp³-hybridized carbons (Fsp3) is 0.562. The lowest BCUT2D eigenvalue weighted by Gasteiger charge is -2.17. The molecule has 0 saturated carbocycles. The second-order valence-electron chi connectivity index (χ2n) is 4.75. The Morgan fingerprint density at radius 1 is 1.20 bits per heavy atom. The van der Waals surface area contributed by atoms with E-state index < -0.39 is 0 Å². The Morgan fingerprint density at radius 2 is 1.85 bits per heavy atom. The Labute approximate surface area is 121 Å². The van der Waals surface area contributed by atoms with E-state index in [0.29, 0.717) is 26.2 Å². The van der Waals surface area contributed by atoms with Crippen LogP contribution < -0.4 is 5.32 Å². The molecule has 1 aromatic rings. The quantitative estimate of drug-likeness (QED) is 0.743. The van der Waals surface area contributed by atoms with E-state index in [9.17, 15) is 4.79 Å². The van der Waals surface area contributed by atoms with Crippen LogP contribution in [0.1, 0.15) is 30.5 Å². The molecule has 0 aliphatic rings. The van der Waals surface area contributed by atoms with Crippen LogP contribution in [0.3, 0.4) is 0 Å². The zero-order valence-electron chi connectivity index (χ0n) is 12.9. The molecule has 1 rings (SSSR count). The van der Waals surface area contributed by atoms with Crippen molar-refractivity contribution in [2.45, 2.75) is 40.4 Å². The van der Waals surface area contributed by atoms with Gasteiger partial charge >= 0.3 is 0 Å². The Bertz CT molecular complexity index is 426. The van der Waals surface area contributed by atoms with Gasteiger partial charge in [-0.1, -0.05) is 23.8 Å². The van der Waals surface area contributed by atoms with Crippen LogP contribution in [0.4, 0.5) is 0 Å². The van der Waals surface area contributed by atoms with E-state index in [-0.39, 0.29) is 12.2 Å². The molecule has 0 aromatic heterocycles. The predicted octanol–water partition coefficient (Wildman–Crippen LogP) is 2.36. The number of rotatable bonds is 8. The number of ether oxygens (including phenoxy) is 2. The van der Waals surface area contributed by atoms with Crippen molar-refractivity contribution in [2.24, 2.45) is 0 Å². The largest absolute Gasteiger partial charge is 0.351 e. The van der Waals surface area contributed by atoms with E-state index in [1.807, 2.05) is 33.8 Å². The normalized spacial score (nSPS) is 10.8. The summed E-state index contributed by atoms with van der Waals surface area (Å²) in [4.78, 5) is 12.0. The molecule has 20 heavy (non-hydrogen) atoms. The van der Waals surface area contributed by atoms with Crippen LogP contribution in [0.5, 0.6) is 0 Å². The van der Waals surface area contributed by atoms with Crippen molar-refractivity contribution in [1.82, 2.24) is 5.32 Å². The minimum Gasteiger partial charge on any atom is -0.351 e. The van der Waals surface area contributed by atoms with Gasteiger partial charge in [-0.3, -0.25) is 4.79 Å². The molecule has 4 heteroatoms. The standard InChI is InChI=1S/C16H25NO3/c1-5-19-16(20-6-2)11-17-15(18)10-14-9-12(3)7-8-13(14)4/h7-9,16H,5-6,10-11H2,1-4H3,(H,17,18). The molecule has 0 unspecified atom stereocenters. The fourth-order valence-electron chi connectivity index (χ4n) is 1.96. The van der Waals surface area contributed by atoms with Gasteiger partial charge in [-0.2, -0.15) is 0 Å². The third-order valence-corrected chi connectivity index (χ3v) is 3.03. The van der Waals surface area contributed by atoms with Crippen molar-refractivity contribution in [2.75, 3.05) is 19.8 Å². The van der Waals surface area contributed by atoms with E-state index >= 15 is 0 Å². The summed E-state index contributed by atoms with van der Waals surface area (Å²) >= 11 is 0. The highest BCUT2D eigenvalue weighted by molar-refractivity contribution is 5.79. The molecule has 0 spiro atoms. The maximum absolute atomic E-state index is 12.0. The average molecular weight is 279 g/mol. The van der Waals surface area contributed by atoms with Crippen molar-refractivity contribution in [3.05, 3.63) is 34.9 Å². The van der Waals surface area contributed by atoms with Gasteiger partial charge in [-0.15, -0.1) is 0 Å². The lowest BCUT2D eigenvalue weighted by molar-refractivity contribution is -0.140. The van der Waals surface area contributed by atoms with Crippen molar-refractivity contribution in [3.8, 4) is 0 Å². The summed E-state index contributed by atoms with van der Waals surface area (Å²) in [6, 6.07) is 6.15. The minimum atomic E-state index is -0.368. The first-order valence-electron chi connectivity index (χ1n) is 7.12. The first-order chi connectivity index (χ1) is 9.56. The zero-order chi connectivity index (χ0) is 15.0. The summed E-state index contributed by atoms with van der Waals surface area (Å²) in [5, 5.41) is 2.86. The van der Waals surface area contributed by atoms with Crippen LogP contribution in [-0.2, 0) is 20.7 Å². The van der Waals surface area contributed by atoms with E-state index in [4.69, 9.17) is 9.47 Å². The summed E-state index contributed by atoms with van der Waals surface area (Å²) in [5.41, 5.74) is 3.36. The topological polar surface area (TPSA) is 47.6 Å². The highest BCUT2D eigenvalue weighted by atomic mass is 16.7. The van der Waals surface area contributed by atoms with Crippen LogP contribution in [0.2, 0.25) is 0 Å². The smallest absolute Gasteiger partial charge is 0.224 e. The third-order valence-electron chi connectivity index (χ3n) is 3.03. The highest BCUT2D eigenvalue weighted by Crippen LogP contribution is 2.11. The molecular weight excluding hydrogens is 254 g/mol. The Kier molecular flexibility index (Phi) is 7.26. The van der Waals surface area contributed by atoms with E-state index in [1.165, 1.54) is 5.56 Å². The summed E-state index contributed by atoms with van der Waals surface area (Å²) in [5.74, 6) is -0.0110. The second kappa shape index (κ2) is 8.72. The second-order valence-corrected chi connectivity index (χ2v) is 4.75. The molecule has 0 atom stereocenters. The Morgan fingerprint density at radius 3 is 2.45 bits per heavy atom. The summed E-state index contributed by atoms with van der Waals surface area (Å²) in [6.07, 6.45) is 0.0194.